The van der Waals surface area contributed by atoms with Crippen molar-refractivity contribution in [3.8, 4) is 0 Å². The standard InChI is InChI=1S/C17H23NO2/c1-3-10-17(4-2)12-15(19)18-16(20)14(17)11-13-8-6-5-7-9-13/h5-9,14H,3-4,10-12H2,1-2H3,(H,18,19,20). The molecule has 3 nitrogen and oxygen atoms in total. The van der Waals surface area contributed by atoms with E-state index in [1.54, 1.807) is 0 Å². The van der Waals surface area contributed by atoms with Crippen molar-refractivity contribution >= 4 is 11.8 Å². The Labute approximate surface area is 120 Å². The van der Waals surface area contributed by atoms with E-state index in [2.05, 4.69) is 31.3 Å². The fourth-order valence-electron chi connectivity index (χ4n) is 3.46. The van der Waals surface area contributed by atoms with Crippen LogP contribution in [0.3, 0.4) is 0 Å². The molecule has 1 saturated heterocycles. The summed E-state index contributed by atoms with van der Waals surface area (Å²) in [6.45, 7) is 4.22. The number of imide groups is 1. The number of hydrogen-bond acceptors (Lipinski definition) is 2. The van der Waals surface area contributed by atoms with E-state index in [-0.39, 0.29) is 23.1 Å². The quantitative estimate of drug-likeness (QED) is 0.838. The Morgan fingerprint density at radius 2 is 1.90 bits per heavy atom. The Hall–Kier alpha value is -1.64. The van der Waals surface area contributed by atoms with Crippen LogP contribution in [0.2, 0.25) is 0 Å². The molecule has 2 unspecified atom stereocenters. The molecule has 1 N–H and O–H groups in total. The highest BCUT2D eigenvalue weighted by atomic mass is 16.2. The van der Waals surface area contributed by atoms with Crippen LogP contribution in [-0.2, 0) is 16.0 Å². The number of piperidine rings is 1. The molecule has 1 aromatic rings. The fraction of sp³-hybridized carbons (Fsp3) is 0.529. The maximum Gasteiger partial charge on any atom is 0.230 e. The first kappa shape index (κ1) is 14.8. The highest BCUT2D eigenvalue weighted by molar-refractivity contribution is 5.99. The Kier molecular flexibility index (Phi) is 4.58. The van der Waals surface area contributed by atoms with Gasteiger partial charge in [-0.25, -0.2) is 0 Å². The first-order valence-corrected chi connectivity index (χ1v) is 7.49. The van der Waals surface area contributed by atoms with Crippen molar-refractivity contribution in [3.05, 3.63) is 35.9 Å². The number of carbonyl (C=O) groups is 2. The van der Waals surface area contributed by atoms with Crippen LogP contribution in [-0.4, -0.2) is 11.8 Å². The van der Waals surface area contributed by atoms with E-state index in [1.165, 1.54) is 0 Å². The molecule has 2 atom stereocenters. The number of rotatable bonds is 5. The van der Waals surface area contributed by atoms with E-state index in [9.17, 15) is 9.59 Å². The monoisotopic (exact) mass is 273 g/mol. The zero-order valence-corrected chi connectivity index (χ0v) is 12.3. The molecule has 0 aliphatic carbocycles. The minimum atomic E-state index is -0.177. The van der Waals surface area contributed by atoms with Crippen LogP contribution < -0.4 is 5.32 Å². The Morgan fingerprint density at radius 3 is 2.50 bits per heavy atom. The third-order valence-electron chi connectivity index (χ3n) is 4.57. The highest BCUT2D eigenvalue weighted by Crippen LogP contribution is 2.44. The second-order valence-corrected chi connectivity index (χ2v) is 5.80. The van der Waals surface area contributed by atoms with Crippen molar-refractivity contribution in [2.75, 3.05) is 0 Å². The second kappa shape index (κ2) is 6.21. The third kappa shape index (κ3) is 2.92. The zero-order chi connectivity index (χ0) is 14.6. The largest absolute Gasteiger partial charge is 0.296 e. The summed E-state index contributed by atoms with van der Waals surface area (Å²) in [4.78, 5) is 24.1. The van der Waals surface area contributed by atoms with Crippen molar-refractivity contribution < 1.29 is 9.59 Å². The molecule has 1 heterocycles. The Balaban J connectivity index is 2.29. The molecule has 2 rings (SSSR count). The number of nitrogens with one attached hydrogen (secondary N) is 1. The van der Waals surface area contributed by atoms with E-state index in [4.69, 9.17) is 0 Å². The summed E-state index contributed by atoms with van der Waals surface area (Å²) >= 11 is 0. The first-order chi connectivity index (χ1) is 9.61. The molecule has 2 amide bonds. The van der Waals surface area contributed by atoms with Gasteiger partial charge < -0.3 is 0 Å². The molecule has 0 bridgehead atoms. The van der Waals surface area contributed by atoms with Crippen molar-refractivity contribution in [2.24, 2.45) is 11.3 Å². The summed E-state index contributed by atoms with van der Waals surface area (Å²) in [6, 6.07) is 10.1. The van der Waals surface area contributed by atoms with Gasteiger partial charge in [0, 0.05) is 12.3 Å². The van der Waals surface area contributed by atoms with E-state index >= 15 is 0 Å². The van der Waals surface area contributed by atoms with Crippen LogP contribution >= 0.6 is 0 Å². The normalized spacial score (nSPS) is 26.4. The van der Waals surface area contributed by atoms with Crippen LogP contribution in [0.5, 0.6) is 0 Å². The van der Waals surface area contributed by atoms with Gasteiger partial charge in [-0.05, 0) is 30.2 Å². The van der Waals surface area contributed by atoms with Gasteiger partial charge in [-0.15, -0.1) is 0 Å². The van der Waals surface area contributed by atoms with Gasteiger partial charge in [0.1, 0.15) is 0 Å². The van der Waals surface area contributed by atoms with E-state index < -0.39 is 0 Å². The lowest BCUT2D eigenvalue weighted by molar-refractivity contribution is -0.144. The Bertz CT molecular complexity index is 483. The minimum absolute atomic E-state index is 0.0968. The summed E-state index contributed by atoms with van der Waals surface area (Å²) in [6.07, 6.45) is 3.99. The second-order valence-electron chi connectivity index (χ2n) is 5.80. The molecule has 0 radical (unpaired) electrons. The summed E-state index contributed by atoms with van der Waals surface area (Å²) < 4.78 is 0. The molecular weight excluding hydrogens is 250 g/mol. The Morgan fingerprint density at radius 1 is 1.20 bits per heavy atom. The highest BCUT2D eigenvalue weighted by Gasteiger charge is 2.46. The summed E-state index contributed by atoms with van der Waals surface area (Å²) in [7, 11) is 0. The number of carbonyl (C=O) groups excluding carboxylic acids is 2. The number of hydrogen-bond donors (Lipinski definition) is 1. The predicted octanol–water partition coefficient (Wildman–Crippen LogP) is 3.09. The van der Waals surface area contributed by atoms with E-state index in [0.29, 0.717) is 12.8 Å². The van der Waals surface area contributed by atoms with Crippen molar-refractivity contribution in [2.45, 2.75) is 46.0 Å². The summed E-state index contributed by atoms with van der Waals surface area (Å²) in [5, 5.41) is 2.52. The molecule has 20 heavy (non-hydrogen) atoms. The number of benzene rings is 1. The molecule has 108 valence electrons. The van der Waals surface area contributed by atoms with Gasteiger partial charge in [-0.1, -0.05) is 50.6 Å². The smallest absolute Gasteiger partial charge is 0.230 e. The minimum Gasteiger partial charge on any atom is -0.296 e. The summed E-state index contributed by atoms with van der Waals surface area (Å²) in [5.74, 6) is -0.317. The van der Waals surface area contributed by atoms with Crippen LogP contribution in [0.4, 0.5) is 0 Å². The maximum absolute atomic E-state index is 12.3. The lowest BCUT2D eigenvalue weighted by atomic mass is 9.64. The van der Waals surface area contributed by atoms with Gasteiger partial charge in [0.2, 0.25) is 11.8 Å². The zero-order valence-electron chi connectivity index (χ0n) is 12.3. The van der Waals surface area contributed by atoms with E-state index in [0.717, 1.165) is 24.8 Å². The predicted molar refractivity (Wildman–Crippen MR) is 79.0 cm³/mol. The van der Waals surface area contributed by atoms with Gasteiger partial charge in [-0.2, -0.15) is 0 Å². The SMILES string of the molecule is CCCC1(CC)CC(=O)NC(=O)C1Cc1ccccc1. The molecule has 0 aromatic heterocycles. The molecular formula is C17H23NO2. The first-order valence-electron chi connectivity index (χ1n) is 7.49. The van der Waals surface area contributed by atoms with E-state index in [1.807, 2.05) is 18.2 Å². The maximum atomic E-state index is 12.3. The van der Waals surface area contributed by atoms with Gasteiger partial charge in [-0.3, -0.25) is 14.9 Å². The van der Waals surface area contributed by atoms with Gasteiger partial charge in [0.05, 0.1) is 0 Å². The fourth-order valence-corrected chi connectivity index (χ4v) is 3.46. The van der Waals surface area contributed by atoms with Crippen LogP contribution in [0.1, 0.15) is 45.1 Å². The molecule has 0 saturated carbocycles. The number of amides is 2. The van der Waals surface area contributed by atoms with Crippen LogP contribution in [0.15, 0.2) is 30.3 Å². The van der Waals surface area contributed by atoms with Gasteiger partial charge in [0.25, 0.3) is 0 Å². The van der Waals surface area contributed by atoms with Crippen LogP contribution in [0.25, 0.3) is 0 Å². The van der Waals surface area contributed by atoms with Gasteiger partial charge in [0.15, 0.2) is 0 Å². The molecule has 1 aliphatic heterocycles. The average Bonchev–Trinajstić information content (AvgIpc) is 2.44. The average molecular weight is 273 g/mol. The topological polar surface area (TPSA) is 46.2 Å². The molecule has 1 aliphatic rings. The lowest BCUT2D eigenvalue weighted by Crippen LogP contribution is -2.52. The molecule has 0 spiro atoms. The van der Waals surface area contributed by atoms with Gasteiger partial charge >= 0.3 is 0 Å². The van der Waals surface area contributed by atoms with Crippen molar-refractivity contribution in [3.63, 3.8) is 0 Å². The third-order valence-corrected chi connectivity index (χ3v) is 4.57. The summed E-state index contributed by atoms with van der Waals surface area (Å²) in [5.41, 5.74) is 0.986. The van der Waals surface area contributed by atoms with Crippen LogP contribution in [0, 0.1) is 11.3 Å². The molecule has 3 heteroatoms. The molecule has 1 fully saturated rings. The van der Waals surface area contributed by atoms with Crippen molar-refractivity contribution in [1.82, 2.24) is 5.32 Å². The van der Waals surface area contributed by atoms with Crippen molar-refractivity contribution in [1.29, 1.82) is 0 Å². The molecule has 1 aromatic carbocycles. The lowest BCUT2D eigenvalue weighted by Gasteiger charge is -2.42.